The molecule has 1 unspecified atom stereocenters. The number of hydrogen-bond acceptors (Lipinski definition) is 4. The summed E-state index contributed by atoms with van der Waals surface area (Å²) >= 11 is 1.44. The first-order valence-electron chi connectivity index (χ1n) is 6.70. The van der Waals surface area contributed by atoms with Gasteiger partial charge in [0.25, 0.3) is 5.91 Å². The van der Waals surface area contributed by atoms with E-state index in [0.29, 0.717) is 12.2 Å². The van der Waals surface area contributed by atoms with Gasteiger partial charge in [-0.15, -0.1) is 11.3 Å². The predicted molar refractivity (Wildman–Crippen MR) is 79.6 cm³/mol. The normalized spacial score (nSPS) is 17.0. The van der Waals surface area contributed by atoms with Crippen LogP contribution in [-0.4, -0.2) is 22.8 Å². The standard InChI is InChI=1S/C15H17N3OS/c1-18(15(19)12-9-20-14(8-16)17-12)13-7-6-10-4-2-3-5-11(10)13/h2-5,9,13H,6-8,16H2,1H3. The predicted octanol–water partition coefficient (Wildman–Crippen LogP) is 2.36. The average Bonchev–Trinajstić information content (AvgIpc) is 3.12. The first-order valence-corrected chi connectivity index (χ1v) is 7.58. The second kappa shape index (κ2) is 5.34. The third kappa shape index (κ3) is 2.23. The molecule has 2 N–H and O–H groups in total. The van der Waals surface area contributed by atoms with Crippen LogP contribution in [0.5, 0.6) is 0 Å². The van der Waals surface area contributed by atoms with Gasteiger partial charge < -0.3 is 10.6 Å². The van der Waals surface area contributed by atoms with Crippen LogP contribution in [0, 0.1) is 0 Å². The first kappa shape index (κ1) is 13.3. The molecule has 1 heterocycles. The van der Waals surface area contributed by atoms with Crippen LogP contribution in [0.15, 0.2) is 29.6 Å². The number of carbonyl (C=O) groups excluding carboxylic acids is 1. The molecule has 0 fully saturated rings. The van der Waals surface area contributed by atoms with E-state index in [9.17, 15) is 4.79 Å². The van der Waals surface area contributed by atoms with Gasteiger partial charge in [-0.25, -0.2) is 4.98 Å². The zero-order valence-electron chi connectivity index (χ0n) is 11.4. The third-order valence-corrected chi connectivity index (χ3v) is 4.71. The van der Waals surface area contributed by atoms with Crippen LogP contribution in [0.25, 0.3) is 0 Å². The van der Waals surface area contributed by atoms with Gasteiger partial charge in [0.05, 0.1) is 6.04 Å². The second-order valence-corrected chi connectivity index (χ2v) is 5.94. The van der Waals surface area contributed by atoms with E-state index < -0.39 is 0 Å². The molecule has 1 amide bonds. The Morgan fingerprint density at radius 3 is 3.05 bits per heavy atom. The summed E-state index contributed by atoms with van der Waals surface area (Å²) in [5.74, 6) is -0.0253. The topological polar surface area (TPSA) is 59.2 Å². The molecule has 5 heteroatoms. The van der Waals surface area contributed by atoms with Crippen molar-refractivity contribution in [2.24, 2.45) is 5.73 Å². The molecule has 1 aromatic heterocycles. The zero-order valence-corrected chi connectivity index (χ0v) is 12.2. The van der Waals surface area contributed by atoms with Gasteiger partial charge in [0.2, 0.25) is 0 Å². The molecule has 0 spiro atoms. The van der Waals surface area contributed by atoms with Gasteiger partial charge in [-0.3, -0.25) is 4.79 Å². The van der Waals surface area contributed by atoms with Crippen molar-refractivity contribution in [2.45, 2.75) is 25.4 Å². The van der Waals surface area contributed by atoms with E-state index in [0.717, 1.165) is 17.8 Å². The molecule has 1 aromatic carbocycles. The smallest absolute Gasteiger partial charge is 0.273 e. The molecule has 20 heavy (non-hydrogen) atoms. The van der Waals surface area contributed by atoms with E-state index in [1.807, 2.05) is 13.1 Å². The summed E-state index contributed by atoms with van der Waals surface area (Å²) in [5, 5.41) is 2.59. The zero-order chi connectivity index (χ0) is 14.1. The lowest BCUT2D eigenvalue weighted by atomic mass is 10.1. The van der Waals surface area contributed by atoms with Crippen LogP contribution >= 0.6 is 11.3 Å². The van der Waals surface area contributed by atoms with E-state index in [2.05, 4.69) is 23.2 Å². The van der Waals surface area contributed by atoms with Crippen molar-refractivity contribution < 1.29 is 4.79 Å². The monoisotopic (exact) mass is 287 g/mol. The summed E-state index contributed by atoms with van der Waals surface area (Å²) in [6.45, 7) is 0.383. The van der Waals surface area contributed by atoms with Crippen molar-refractivity contribution in [2.75, 3.05) is 7.05 Å². The summed E-state index contributed by atoms with van der Waals surface area (Å²) in [5.41, 5.74) is 8.66. The Morgan fingerprint density at radius 2 is 2.30 bits per heavy atom. The van der Waals surface area contributed by atoms with Gasteiger partial charge in [0.1, 0.15) is 10.7 Å². The number of carbonyl (C=O) groups is 1. The van der Waals surface area contributed by atoms with Gasteiger partial charge in [-0.1, -0.05) is 24.3 Å². The Bertz CT molecular complexity index is 638. The van der Waals surface area contributed by atoms with Crippen LogP contribution in [0.1, 0.15) is 39.1 Å². The lowest BCUT2D eigenvalue weighted by Gasteiger charge is -2.24. The second-order valence-electron chi connectivity index (χ2n) is 5.00. The summed E-state index contributed by atoms with van der Waals surface area (Å²) in [6, 6.07) is 8.50. The molecule has 0 bridgehead atoms. The fraction of sp³-hybridized carbons (Fsp3) is 0.333. The molecule has 2 aromatic rings. The van der Waals surface area contributed by atoms with Crippen molar-refractivity contribution in [3.8, 4) is 0 Å². The van der Waals surface area contributed by atoms with E-state index in [-0.39, 0.29) is 11.9 Å². The third-order valence-electron chi connectivity index (χ3n) is 3.83. The van der Waals surface area contributed by atoms with Gasteiger partial charge in [0.15, 0.2) is 0 Å². The highest BCUT2D eigenvalue weighted by atomic mass is 32.1. The minimum Gasteiger partial charge on any atom is -0.333 e. The van der Waals surface area contributed by atoms with Crippen molar-refractivity contribution in [3.63, 3.8) is 0 Å². The molecule has 0 aliphatic heterocycles. The molecular formula is C15H17N3OS. The highest BCUT2D eigenvalue weighted by molar-refractivity contribution is 7.09. The average molecular weight is 287 g/mol. The van der Waals surface area contributed by atoms with E-state index >= 15 is 0 Å². The van der Waals surface area contributed by atoms with Crippen LogP contribution < -0.4 is 5.73 Å². The van der Waals surface area contributed by atoms with Crippen LogP contribution in [-0.2, 0) is 13.0 Å². The van der Waals surface area contributed by atoms with Crippen molar-refractivity contribution in [3.05, 3.63) is 51.5 Å². The molecule has 0 saturated heterocycles. The Hall–Kier alpha value is -1.72. The molecule has 1 aliphatic carbocycles. The summed E-state index contributed by atoms with van der Waals surface area (Å²) < 4.78 is 0. The summed E-state index contributed by atoms with van der Waals surface area (Å²) in [6.07, 6.45) is 2.01. The number of nitrogens with two attached hydrogens (primary N) is 1. The summed E-state index contributed by atoms with van der Waals surface area (Å²) in [7, 11) is 1.86. The molecule has 4 nitrogen and oxygen atoms in total. The van der Waals surface area contributed by atoms with Crippen molar-refractivity contribution in [1.82, 2.24) is 9.88 Å². The molecule has 3 rings (SSSR count). The highest BCUT2D eigenvalue weighted by Crippen LogP contribution is 2.35. The minimum atomic E-state index is -0.0253. The SMILES string of the molecule is CN(C(=O)c1csc(CN)n1)C1CCc2ccccc21. The number of rotatable bonds is 3. The maximum atomic E-state index is 12.5. The maximum absolute atomic E-state index is 12.5. The molecular weight excluding hydrogens is 270 g/mol. The lowest BCUT2D eigenvalue weighted by molar-refractivity contribution is 0.0725. The van der Waals surface area contributed by atoms with Gasteiger partial charge in [0, 0.05) is 19.0 Å². The Labute approximate surface area is 122 Å². The van der Waals surface area contributed by atoms with Gasteiger partial charge >= 0.3 is 0 Å². The van der Waals surface area contributed by atoms with E-state index in [1.54, 1.807) is 10.3 Å². The largest absolute Gasteiger partial charge is 0.333 e. The Morgan fingerprint density at radius 1 is 1.50 bits per heavy atom. The number of fused-ring (bicyclic) bond motifs is 1. The van der Waals surface area contributed by atoms with Crippen LogP contribution in [0.2, 0.25) is 0 Å². The van der Waals surface area contributed by atoms with Gasteiger partial charge in [-0.05, 0) is 24.0 Å². The first-order chi connectivity index (χ1) is 9.70. The fourth-order valence-electron chi connectivity index (χ4n) is 2.76. The minimum absolute atomic E-state index is 0.0253. The summed E-state index contributed by atoms with van der Waals surface area (Å²) in [4.78, 5) is 18.6. The molecule has 0 saturated carbocycles. The molecule has 1 atom stereocenters. The molecule has 104 valence electrons. The van der Waals surface area contributed by atoms with Crippen LogP contribution in [0.4, 0.5) is 0 Å². The number of amides is 1. The van der Waals surface area contributed by atoms with E-state index in [4.69, 9.17) is 5.73 Å². The number of thiazole rings is 1. The van der Waals surface area contributed by atoms with Gasteiger partial charge in [-0.2, -0.15) is 0 Å². The molecule has 0 radical (unpaired) electrons. The Balaban J connectivity index is 1.83. The van der Waals surface area contributed by atoms with Crippen molar-refractivity contribution in [1.29, 1.82) is 0 Å². The number of benzene rings is 1. The maximum Gasteiger partial charge on any atom is 0.273 e. The molecule has 1 aliphatic rings. The van der Waals surface area contributed by atoms with Crippen LogP contribution in [0.3, 0.4) is 0 Å². The van der Waals surface area contributed by atoms with Crippen molar-refractivity contribution >= 4 is 17.2 Å². The number of aromatic nitrogens is 1. The quantitative estimate of drug-likeness (QED) is 0.942. The van der Waals surface area contributed by atoms with E-state index in [1.165, 1.54) is 22.5 Å². The number of nitrogens with zero attached hydrogens (tertiary/aromatic N) is 2. The Kier molecular flexibility index (Phi) is 3.54. The highest BCUT2D eigenvalue weighted by Gasteiger charge is 2.29. The fourth-order valence-corrected chi connectivity index (χ4v) is 3.41. The number of hydrogen-bond donors (Lipinski definition) is 1. The lowest BCUT2D eigenvalue weighted by Crippen LogP contribution is -2.30. The number of aryl methyl sites for hydroxylation is 1.